The molecule has 0 aromatic heterocycles. The van der Waals surface area contributed by atoms with Crippen molar-refractivity contribution in [3.8, 4) is 11.5 Å². The first kappa shape index (κ1) is 30.9. The van der Waals surface area contributed by atoms with E-state index in [2.05, 4.69) is 52.0 Å². The number of nitrogens with zero attached hydrogens (tertiary/aromatic N) is 1. The lowest BCUT2D eigenvalue weighted by Crippen LogP contribution is -2.62. The lowest BCUT2D eigenvalue weighted by atomic mass is 9.41. The molecular formula is C36H54N2O5. The zero-order valence-electron chi connectivity index (χ0n) is 27.3. The smallest absolute Gasteiger partial charge is 0.244 e. The monoisotopic (exact) mass is 594 g/mol. The molecule has 5 saturated carbocycles. The Morgan fingerprint density at radius 1 is 1.09 bits per heavy atom. The standard InChI is InChI=1S/C36H54N2O5/c1-22(38(5)6)31-25(41)19-34(4)28-12-11-27-32(2,21-39)29(14-15-35(27)20-36(28,35)17-16-33(31,34)3)37-30(42)13-9-23-8-10-26(43-7)24(40)18-23/h8-10,13,18,22,25,27-29,31,39-41H,11-12,14-17,19-21H2,1-7H3,(H,37,42)/b13-9+/t22-,25+,27?,28-,29-,31-,32-,33+,34-,35+,36-/m0/s1. The summed E-state index contributed by atoms with van der Waals surface area (Å²) in [5.74, 6) is 1.52. The zero-order chi connectivity index (χ0) is 31.2. The molecule has 5 aliphatic carbocycles. The number of ether oxygens (including phenoxy) is 1. The summed E-state index contributed by atoms with van der Waals surface area (Å²) in [6.07, 6.45) is 11.7. The minimum atomic E-state index is -0.382. The molecule has 1 aromatic carbocycles. The van der Waals surface area contributed by atoms with E-state index in [9.17, 15) is 20.1 Å². The Morgan fingerprint density at radius 3 is 2.44 bits per heavy atom. The lowest BCUT2D eigenvalue weighted by molar-refractivity contribution is -0.156. The summed E-state index contributed by atoms with van der Waals surface area (Å²) >= 11 is 0. The zero-order valence-corrected chi connectivity index (χ0v) is 27.3. The molecule has 0 saturated heterocycles. The van der Waals surface area contributed by atoms with Crippen LogP contribution in [0.5, 0.6) is 11.5 Å². The third-order valence-corrected chi connectivity index (χ3v) is 14.6. The summed E-state index contributed by atoms with van der Waals surface area (Å²) in [5.41, 5.74) is 1.08. The third kappa shape index (κ3) is 4.13. The Balaban J connectivity index is 1.21. The van der Waals surface area contributed by atoms with Crippen LogP contribution in [0.3, 0.4) is 0 Å². The van der Waals surface area contributed by atoms with Crippen molar-refractivity contribution in [3.63, 3.8) is 0 Å². The molecule has 43 heavy (non-hydrogen) atoms. The number of nitrogens with one attached hydrogen (secondary N) is 1. The number of hydrogen-bond acceptors (Lipinski definition) is 6. The van der Waals surface area contributed by atoms with Gasteiger partial charge >= 0.3 is 0 Å². The first-order chi connectivity index (χ1) is 20.2. The van der Waals surface area contributed by atoms with Crippen LogP contribution in [0.2, 0.25) is 0 Å². The van der Waals surface area contributed by atoms with Gasteiger partial charge in [0.15, 0.2) is 11.5 Å². The van der Waals surface area contributed by atoms with E-state index in [0.717, 1.165) is 44.1 Å². The lowest BCUT2D eigenvalue weighted by Gasteiger charge is -2.63. The van der Waals surface area contributed by atoms with Gasteiger partial charge in [0.1, 0.15) is 0 Å². The van der Waals surface area contributed by atoms with Crippen molar-refractivity contribution in [2.45, 2.75) is 97.2 Å². The fourth-order valence-corrected chi connectivity index (χ4v) is 12.1. The molecule has 1 unspecified atom stereocenters. The predicted octanol–water partition coefficient (Wildman–Crippen LogP) is 5.23. The van der Waals surface area contributed by atoms with Gasteiger partial charge < -0.3 is 30.3 Å². The highest BCUT2D eigenvalue weighted by Crippen LogP contribution is 2.89. The number of aliphatic hydroxyl groups is 2. The highest BCUT2D eigenvalue weighted by molar-refractivity contribution is 5.92. The summed E-state index contributed by atoms with van der Waals surface area (Å²) in [6.45, 7) is 9.58. The second-order valence-corrected chi connectivity index (χ2v) is 16.0. The van der Waals surface area contributed by atoms with Crippen LogP contribution in [-0.2, 0) is 4.79 Å². The molecule has 5 fully saturated rings. The minimum absolute atomic E-state index is 0.0381. The number of aromatic hydroxyl groups is 1. The fraction of sp³-hybridized carbons (Fsp3) is 0.750. The van der Waals surface area contributed by atoms with Crippen LogP contribution in [0, 0.1) is 44.8 Å². The average molecular weight is 595 g/mol. The number of carbonyl (C=O) groups is 1. The molecule has 6 rings (SSSR count). The second-order valence-electron chi connectivity index (χ2n) is 16.0. The molecule has 1 amide bonds. The Labute approximate surface area is 258 Å². The maximum atomic E-state index is 13.1. The molecule has 238 valence electrons. The molecule has 11 atom stereocenters. The number of hydrogen-bond donors (Lipinski definition) is 4. The van der Waals surface area contributed by atoms with Crippen molar-refractivity contribution in [3.05, 3.63) is 29.8 Å². The van der Waals surface area contributed by atoms with Crippen LogP contribution in [0.25, 0.3) is 6.08 Å². The van der Waals surface area contributed by atoms with Gasteiger partial charge in [0.05, 0.1) is 19.8 Å². The van der Waals surface area contributed by atoms with E-state index >= 15 is 0 Å². The van der Waals surface area contributed by atoms with Crippen LogP contribution >= 0.6 is 0 Å². The minimum Gasteiger partial charge on any atom is -0.504 e. The molecular weight excluding hydrogens is 540 g/mol. The fourth-order valence-electron chi connectivity index (χ4n) is 12.1. The van der Waals surface area contributed by atoms with E-state index in [1.54, 1.807) is 24.3 Å². The SMILES string of the molecule is COc1ccc(/C=C/C(=O)N[C@H]2CC[C@]34C[C@]35CC[C@]3(C)[C@@H]([C@H](C)N(C)C)[C@H](O)C[C@@]3(C)[C@@H]5CCC4[C@]2(C)CO)cc1O. The third-order valence-electron chi connectivity index (χ3n) is 14.6. The summed E-state index contributed by atoms with van der Waals surface area (Å²) in [7, 11) is 5.80. The van der Waals surface area contributed by atoms with Gasteiger partial charge in [-0.05, 0) is 130 Å². The van der Waals surface area contributed by atoms with Crippen molar-refractivity contribution in [2.24, 2.45) is 44.8 Å². The first-order valence-corrected chi connectivity index (χ1v) is 16.5. The van der Waals surface area contributed by atoms with Crippen molar-refractivity contribution < 1.29 is 24.9 Å². The summed E-state index contributed by atoms with van der Waals surface area (Å²) < 4.78 is 5.12. The van der Waals surface area contributed by atoms with Crippen LogP contribution in [0.15, 0.2) is 24.3 Å². The van der Waals surface area contributed by atoms with Gasteiger partial charge in [0, 0.05) is 29.5 Å². The van der Waals surface area contributed by atoms with E-state index in [1.807, 2.05) is 0 Å². The Bertz CT molecular complexity index is 1300. The second kappa shape index (κ2) is 10.2. The van der Waals surface area contributed by atoms with Crippen molar-refractivity contribution >= 4 is 12.0 Å². The number of carbonyl (C=O) groups excluding carboxylic acids is 1. The number of aliphatic hydroxyl groups excluding tert-OH is 2. The Hall–Kier alpha value is -2.09. The number of fused-ring (bicyclic) bond motifs is 2. The molecule has 0 aliphatic heterocycles. The molecule has 7 heteroatoms. The van der Waals surface area contributed by atoms with Gasteiger partial charge in [-0.15, -0.1) is 0 Å². The van der Waals surface area contributed by atoms with Crippen LogP contribution in [0.4, 0.5) is 0 Å². The Morgan fingerprint density at radius 2 is 1.79 bits per heavy atom. The Kier molecular flexibility index (Phi) is 7.34. The number of methoxy groups -OCH3 is 1. The van der Waals surface area contributed by atoms with E-state index in [0.29, 0.717) is 29.0 Å². The van der Waals surface area contributed by atoms with E-state index in [4.69, 9.17) is 4.74 Å². The highest BCUT2D eigenvalue weighted by Gasteiger charge is 2.83. The van der Waals surface area contributed by atoms with Crippen LogP contribution in [0.1, 0.15) is 84.6 Å². The molecule has 5 aliphatic rings. The molecule has 0 bridgehead atoms. The van der Waals surface area contributed by atoms with Gasteiger partial charge in [0.2, 0.25) is 5.91 Å². The molecule has 0 heterocycles. The molecule has 2 spiro atoms. The molecule has 0 radical (unpaired) electrons. The number of rotatable bonds is 7. The topological polar surface area (TPSA) is 102 Å². The summed E-state index contributed by atoms with van der Waals surface area (Å²) in [6, 6.07) is 5.31. The van der Waals surface area contributed by atoms with Crippen molar-refractivity contribution in [1.29, 1.82) is 0 Å². The average Bonchev–Trinajstić information content (AvgIpc) is 3.58. The number of amides is 1. The van der Waals surface area contributed by atoms with Gasteiger partial charge in [-0.2, -0.15) is 0 Å². The van der Waals surface area contributed by atoms with Crippen LogP contribution < -0.4 is 10.1 Å². The van der Waals surface area contributed by atoms with E-state index < -0.39 is 0 Å². The van der Waals surface area contributed by atoms with Crippen molar-refractivity contribution in [2.75, 3.05) is 27.8 Å². The maximum absolute atomic E-state index is 13.1. The quantitative estimate of drug-likeness (QED) is 0.323. The molecule has 4 N–H and O–H groups in total. The number of phenols is 1. The van der Waals surface area contributed by atoms with Crippen molar-refractivity contribution in [1.82, 2.24) is 10.2 Å². The molecule has 1 aromatic rings. The van der Waals surface area contributed by atoms with Gasteiger partial charge in [-0.25, -0.2) is 0 Å². The van der Waals surface area contributed by atoms with Crippen LogP contribution in [-0.4, -0.2) is 72.1 Å². The normalized spacial score (nSPS) is 45.6. The van der Waals surface area contributed by atoms with Gasteiger partial charge in [-0.1, -0.05) is 26.8 Å². The van der Waals surface area contributed by atoms with E-state index in [-0.39, 0.29) is 58.0 Å². The van der Waals surface area contributed by atoms with E-state index in [1.165, 1.54) is 26.0 Å². The first-order valence-electron chi connectivity index (χ1n) is 16.5. The molecule has 7 nitrogen and oxygen atoms in total. The van der Waals surface area contributed by atoms with Gasteiger partial charge in [-0.3, -0.25) is 4.79 Å². The largest absolute Gasteiger partial charge is 0.504 e. The maximum Gasteiger partial charge on any atom is 0.244 e. The summed E-state index contributed by atoms with van der Waals surface area (Å²) in [5, 5.41) is 35.9. The predicted molar refractivity (Wildman–Crippen MR) is 168 cm³/mol. The van der Waals surface area contributed by atoms with Gasteiger partial charge in [0.25, 0.3) is 0 Å². The summed E-state index contributed by atoms with van der Waals surface area (Å²) in [4.78, 5) is 15.4. The number of phenolic OH excluding ortho intramolecular Hbond substituents is 1. The number of benzene rings is 1. The highest BCUT2D eigenvalue weighted by atomic mass is 16.5.